The topological polar surface area (TPSA) is 84.7 Å². The number of sulfonamides is 1. The van der Waals surface area contributed by atoms with E-state index in [4.69, 9.17) is 10.6 Å². The first-order valence-electron chi connectivity index (χ1n) is 5.66. The Labute approximate surface area is 108 Å². The number of methoxy groups -OCH3 is 1. The number of hydrazine groups is 1. The van der Waals surface area contributed by atoms with E-state index in [2.05, 4.69) is 5.43 Å². The molecule has 7 heteroatoms. The SMILES string of the molecule is CCN(CC)S(=O)(=O)c1ccc(OC)c(NN)c1. The Morgan fingerprint density at radius 2 is 1.94 bits per heavy atom. The van der Waals surface area contributed by atoms with E-state index in [1.807, 2.05) is 0 Å². The highest BCUT2D eigenvalue weighted by Gasteiger charge is 2.22. The van der Waals surface area contributed by atoms with Gasteiger partial charge in [0.1, 0.15) is 5.75 Å². The number of rotatable bonds is 6. The van der Waals surface area contributed by atoms with Crippen LogP contribution in [0.5, 0.6) is 5.75 Å². The second-order valence-electron chi connectivity index (χ2n) is 3.60. The van der Waals surface area contributed by atoms with E-state index in [1.165, 1.54) is 23.5 Å². The molecule has 0 aliphatic rings. The molecule has 0 fully saturated rings. The highest BCUT2D eigenvalue weighted by molar-refractivity contribution is 7.89. The molecule has 0 radical (unpaired) electrons. The molecule has 3 N–H and O–H groups in total. The second-order valence-corrected chi connectivity index (χ2v) is 5.53. The lowest BCUT2D eigenvalue weighted by atomic mass is 10.3. The first-order chi connectivity index (χ1) is 8.51. The van der Waals surface area contributed by atoms with Crippen LogP contribution in [0.25, 0.3) is 0 Å². The molecule has 0 aromatic heterocycles. The van der Waals surface area contributed by atoms with Crippen molar-refractivity contribution in [1.29, 1.82) is 0 Å². The molecular formula is C11H19N3O3S. The van der Waals surface area contributed by atoms with E-state index >= 15 is 0 Å². The van der Waals surface area contributed by atoms with Gasteiger partial charge in [-0.3, -0.25) is 5.84 Å². The van der Waals surface area contributed by atoms with Gasteiger partial charge in [0.25, 0.3) is 0 Å². The molecule has 1 rings (SSSR count). The standard InChI is InChI=1S/C11H19N3O3S/c1-4-14(5-2)18(15,16)9-6-7-11(17-3)10(8-9)13-12/h6-8,13H,4-5,12H2,1-3H3. The van der Waals surface area contributed by atoms with E-state index < -0.39 is 10.0 Å². The third-order valence-electron chi connectivity index (χ3n) is 2.67. The van der Waals surface area contributed by atoms with Crippen LogP contribution >= 0.6 is 0 Å². The van der Waals surface area contributed by atoms with Crippen molar-refractivity contribution in [2.75, 3.05) is 25.6 Å². The van der Waals surface area contributed by atoms with Crippen LogP contribution in [-0.4, -0.2) is 32.9 Å². The van der Waals surface area contributed by atoms with Gasteiger partial charge in [-0.1, -0.05) is 13.8 Å². The number of ether oxygens (including phenoxy) is 1. The van der Waals surface area contributed by atoms with E-state index in [1.54, 1.807) is 19.9 Å². The summed E-state index contributed by atoms with van der Waals surface area (Å²) >= 11 is 0. The molecule has 0 aliphatic carbocycles. The molecule has 0 aliphatic heterocycles. The normalized spacial score (nSPS) is 11.6. The first-order valence-corrected chi connectivity index (χ1v) is 7.10. The zero-order chi connectivity index (χ0) is 13.8. The molecule has 0 amide bonds. The van der Waals surface area contributed by atoms with Crippen molar-refractivity contribution in [2.24, 2.45) is 5.84 Å². The van der Waals surface area contributed by atoms with E-state index in [0.29, 0.717) is 24.5 Å². The number of hydrogen-bond donors (Lipinski definition) is 2. The first kappa shape index (κ1) is 14.7. The van der Waals surface area contributed by atoms with Crippen molar-refractivity contribution in [1.82, 2.24) is 4.31 Å². The molecule has 1 aromatic carbocycles. The summed E-state index contributed by atoms with van der Waals surface area (Å²) in [6.07, 6.45) is 0. The molecule has 0 unspecified atom stereocenters. The van der Waals surface area contributed by atoms with Crippen LogP contribution < -0.4 is 16.0 Å². The van der Waals surface area contributed by atoms with Crippen LogP contribution in [0.3, 0.4) is 0 Å². The molecule has 0 saturated carbocycles. The molecule has 18 heavy (non-hydrogen) atoms. The van der Waals surface area contributed by atoms with Crippen molar-refractivity contribution < 1.29 is 13.2 Å². The van der Waals surface area contributed by atoms with Crippen LogP contribution in [0.4, 0.5) is 5.69 Å². The number of benzene rings is 1. The van der Waals surface area contributed by atoms with Gasteiger partial charge in [-0.2, -0.15) is 4.31 Å². The van der Waals surface area contributed by atoms with E-state index in [0.717, 1.165) is 0 Å². The summed E-state index contributed by atoms with van der Waals surface area (Å²) in [5, 5.41) is 0. The molecule has 0 heterocycles. The summed E-state index contributed by atoms with van der Waals surface area (Å²) in [6, 6.07) is 4.55. The van der Waals surface area contributed by atoms with Crippen LogP contribution in [0.1, 0.15) is 13.8 Å². The van der Waals surface area contributed by atoms with E-state index in [-0.39, 0.29) is 4.90 Å². The number of nitrogen functional groups attached to an aromatic ring is 1. The smallest absolute Gasteiger partial charge is 0.243 e. The summed E-state index contributed by atoms with van der Waals surface area (Å²) in [7, 11) is -1.98. The summed E-state index contributed by atoms with van der Waals surface area (Å²) in [5.74, 6) is 5.84. The van der Waals surface area contributed by atoms with Gasteiger partial charge in [0, 0.05) is 13.1 Å². The zero-order valence-corrected chi connectivity index (χ0v) is 11.6. The van der Waals surface area contributed by atoms with Crippen molar-refractivity contribution >= 4 is 15.7 Å². The minimum atomic E-state index is -3.48. The Hall–Kier alpha value is -1.31. The lowest BCUT2D eigenvalue weighted by Gasteiger charge is -2.19. The number of nitrogens with one attached hydrogen (secondary N) is 1. The fraction of sp³-hybridized carbons (Fsp3) is 0.455. The summed E-state index contributed by atoms with van der Waals surface area (Å²) < 4.78 is 31.0. The van der Waals surface area contributed by atoms with Gasteiger partial charge in [0.2, 0.25) is 10.0 Å². The minimum Gasteiger partial charge on any atom is -0.495 e. The van der Waals surface area contributed by atoms with Gasteiger partial charge in [0.05, 0.1) is 17.7 Å². The average Bonchev–Trinajstić information content (AvgIpc) is 2.38. The van der Waals surface area contributed by atoms with Gasteiger partial charge >= 0.3 is 0 Å². The fourth-order valence-corrected chi connectivity index (χ4v) is 3.16. The maximum absolute atomic E-state index is 12.3. The Balaban J connectivity index is 3.25. The van der Waals surface area contributed by atoms with Crippen molar-refractivity contribution in [3.8, 4) is 5.75 Å². The van der Waals surface area contributed by atoms with Crippen LogP contribution in [0.15, 0.2) is 23.1 Å². The van der Waals surface area contributed by atoms with Crippen molar-refractivity contribution in [3.05, 3.63) is 18.2 Å². The maximum atomic E-state index is 12.3. The minimum absolute atomic E-state index is 0.194. The van der Waals surface area contributed by atoms with Crippen molar-refractivity contribution in [3.63, 3.8) is 0 Å². The highest BCUT2D eigenvalue weighted by Crippen LogP contribution is 2.27. The van der Waals surface area contributed by atoms with Gasteiger partial charge in [-0.25, -0.2) is 8.42 Å². The van der Waals surface area contributed by atoms with Gasteiger partial charge in [0.15, 0.2) is 0 Å². The maximum Gasteiger partial charge on any atom is 0.243 e. The molecule has 6 nitrogen and oxygen atoms in total. The molecule has 0 atom stereocenters. The quantitative estimate of drug-likeness (QED) is 0.597. The lowest BCUT2D eigenvalue weighted by Crippen LogP contribution is -2.30. The largest absolute Gasteiger partial charge is 0.495 e. The molecule has 0 spiro atoms. The molecular weight excluding hydrogens is 254 g/mol. The third kappa shape index (κ3) is 2.74. The summed E-state index contributed by atoms with van der Waals surface area (Å²) in [4.78, 5) is 0.194. The summed E-state index contributed by atoms with van der Waals surface area (Å²) in [6.45, 7) is 4.45. The van der Waals surface area contributed by atoms with Crippen LogP contribution in [0, 0.1) is 0 Å². The number of hydrogen-bond acceptors (Lipinski definition) is 5. The predicted molar refractivity (Wildman–Crippen MR) is 70.9 cm³/mol. The van der Waals surface area contributed by atoms with Gasteiger partial charge in [-0.05, 0) is 18.2 Å². The van der Waals surface area contributed by atoms with Crippen LogP contribution in [-0.2, 0) is 10.0 Å². The molecule has 0 saturated heterocycles. The van der Waals surface area contributed by atoms with Crippen molar-refractivity contribution in [2.45, 2.75) is 18.7 Å². The Morgan fingerprint density at radius 1 is 1.33 bits per heavy atom. The second kappa shape index (κ2) is 6.03. The lowest BCUT2D eigenvalue weighted by molar-refractivity contribution is 0.415. The number of nitrogens with zero attached hydrogens (tertiary/aromatic N) is 1. The third-order valence-corrected chi connectivity index (χ3v) is 4.72. The zero-order valence-electron chi connectivity index (χ0n) is 10.8. The summed E-state index contributed by atoms with van der Waals surface area (Å²) in [5.41, 5.74) is 2.86. The molecule has 0 bridgehead atoms. The molecule has 102 valence electrons. The Morgan fingerprint density at radius 3 is 2.39 bits per heavy atom. The monoisotopic (exact) mass is 273 g/mol. The number of anilines is 1. The average molecular weight is 273 g/mol. The van der Waals surface area contributed by atoms with Crippen LogP contribution in [0.2, 0.25) is 0 Å². The predicted octanol–water partition coefficient (Wildman–Crippen LogP) is 1.01. The molecule has 1 aromatic rings. The van der Waals surface area contributed by atoms with Gasteiger partial charge < -0.3 is 10.2 Å². The van der Waals surface area contributed by atoms with Gasteiger partial charge in [-0.15, -0.1) is 0 Å². The number of nitrogens with two attached hydrogens (primary N) is 1. The Bertz CT molecular complexity index is 498. The highest BCUT2D eigenvalue weighted by atomic mass is 32.2. The van der Waals surface area contributed by atoms with E-state index in [9.17, 15) is 8.42 Å². The fourth-order valence-electron chi connectivity index (χ4n) is 1.67. The Kier molecular flexibility index (Phi) is 4.94.